The number of thioether (sulfide) groups is 1. The maximum Gasteiger partial charge on any atom is 0.0587 e. The summed E-state index contributed by atoms with van der Waals surface area (Å²) in [6.45, 7) is 5.28. The van der Waals surface area contributed by atoms with Crippen molar-refractivity contribution < 1.29 is 4.74 Å². The Morgan fingerprint density at radius 3 is 2.76 bits per heavy atom. The van der Waals surface area contributed by atoms with Gasteiger partial charge in [-0.15, -0.1) is 0 Å². The van der Waals surface area contributed by atoms with E-state index in [1.54, 1.807) is 7.11 Å². The molecule has 1 atom stereocenters. The van der Waals surface area contributed by atoms with Gasteiger partial charge in [0.1, 0.15) is 0 Å². The first-order valence-electron chi connectivity index (χ1n) is 7.15. The van der Waals surface area contributed by atoms with Crippen LogP contribution in [0.3, 0.4) is 0 Å². The average molecular weight is 259 g/mol. The van der Waals surface area contributed by atoms with Gasteiger partial charge in [0.25, 0.3) is 0 Å². The lowest BCUT2D eigenvalue weighted by Crippen LogP contribution is -2.30. The van der Waals surface area contributed by atoms with E-state index in [0.717, 1.165) is 25.0 Å². The van der Waals surface area contributed by atoms with Crippen LogP contribution in [0.25, 0.3) is 0 Å². The van der Waals surface area contributed by atoms with Gasteiger partial charge in [0.15, 0.2) is 0 Å². The molecule has 1 unspecified atom stereocenters. The highest BCUT2D eigenvalue weighted by Crippen LogP contribution is 2.33. The molecule has 0 aromatic carbocycles. The van der Waals surface area contributed by atoms with Crippen LogP contribution in [0.4, 0.5) is 0 Å². The first-order chi connectivity index (χ1) is 8.38. The first kappa shape index (κ1) is 15.3. The third-order valence-corrected chi connectivity index (χ3v) is 4.73. The highest BCUT2D eigenvalue weighted by atomic mass is 32.2. The van der Waals surface area contributed by atoms with E-state index in [-0.39, 0.29) is 0 Å². The minimum absolute atomic E-state index is 0.834. The zero-order chi connectivity index (χ0) is 12.3. The monoisotopic (exact) mass is 259 g/mol. The molecule has 0 radical (unpaired) electrons. The summed E-state index contributed by atoms with van der Waals surface area (Å²) >= 11 is 2.09. The molecule has 0 amide bonds. The summed E-state index contributed by atoms with van der Waals surface area (Å²) in [7, 11) is 1.77. The fourth-order valence-electron chi connectivity index (χ4n) is 2.77. The Bertz CT molecular complexity index is 172. The second-order valence-corrected chi connectivity index (χ2v) is 6.38. The molecule has 1 N–H and O–H groups in total. The average Bonchev–Trinajstić information content (AvgIpc) is 2.86. The molecule has 0 spiro atoms. The van der Waals surface area contributed by atoms with Crippen LogP contribution in [-0.4, -0.2) is 38.3 Å². The van der Waals surface area contributed by atoms with Gasteiger partial charge in [-0.1, -0.05) is 32.6 Å². The maximum absolute atomic E-state index is 5.08. The summed E-state index contributed by atoms with van der Waals surface area (Å²) in [6, 6.07) is 0. The molecular weight excluding hydrogens is 230 g/mol. The van der Waals surface area contributed by atoms with Crippen molar-refractivity contribution in [2.45, 2.75) is 39.0 Å². The number of hydrogen-bond donors (Lipinski definition) is 1. The van der Waals surface area contributed by atoms with E-state index < -0.39 is 0 Å². The smallest absolute Gasteiger partial charge is 0.0587 e. The van der Waals surface area contributed by atoms with Gasteiger partial charge >= 0.3 is 0 Å². The van der Waals surface area contributed by atoms with Crippen LogP contribution in [-0.2, 0) is 4.74 Å². The van der Waals surface area contributed by atoms with E-state index in [1.165, 1.54) is 50.2 Å². The molecule has 0 aromatic heterocycles. The van der Waals surface area contributed by atoms with Gasteiger partial charge in [0.05, 0.1) is 6.61 Å². The Morgan fingerprint density at radius 1 is 1.35 bits per heavy atom. The molecule has 1 aliphatic rings. The van der Waals surface area contributed by atoms with Crippen LogP contribution in [0.1, 0.15) is 39.0 Å². The number of hydrogen-bond acceptors (Lipinski definition) is 3. The zero-order valence-corrected chi connectivity index (χ0v) is 12.4. The van der Waals surface area contributed by atoms with E-state index in [1.807, 2.05) is 0 Å². The third-order valence-electron chi connectivity index (χ3n) is 3.79. The van der Waals surface area contributed by atoms with Gasteiger partial charge in [-0.2, -0.15) is 11.8 Å². The largest absolute Gasteiger partial charge is 0.383 e. The number of methoxy groups -OCH3 is 1. The zero-order valence-electron chi connectivity index (χ0n) is 11.5. The Labute approximate surface area is 111 Å². The summed E-state index contributed by atoms with van der Waals surface area (Å²) in [5.74, 6) is 4.48. The van der Waals surface area contributed by atoms with E-state index in [4.69, 9.17) is 4.74 Å². The molecule has 102 valence electrons. The molecule has 0 saturated heterocycles. The van der Waals surface area contributed by atoms with E-state index in [0.29, 0.717) is 0 Å². The van der Waals surface area contributed by atoms with Gasteiger partial charge in [-0.25, -0.2) is 0 Å². The van der Waals surface area contributed by atoms with Crippen LogP contribution in [0.2, 0.25) is 0 Å². The molecule has 0 aliphatic heterocycles. The Kier molecular flexibility index (Phi) is 9.21. The number of ether oxygens (including phenoxy) is 1. The molecule has 17 heavy (non-hydrogen) atoms. The summed E-state index contributed by atoms with van der Waals surface area (Å²) in [5, 5.41) is 3.56. The molecule has 1 rings (SSSR count). The van der Waals surface area contributed by atoms with Crippen LogP contribution < -0.4 is 5.32 Å². The lowest BCUT2D eigenvalue weighted by Gasteiger charge is -2.23. The van der Waals surface area contributed by atoms with Gasteiger partial charge in [0, 0.05) is 13.7 Å². The van der Waals surface area contributed by atoms with Crippen LogP contribution in [0.15, 0.2) is 0 Å². The molecule has 1 saturated carbocycles. The number of rotatable bonds is 10. The van der Waals surface area contributed by atoms with Crippen molar-refractivity contribution in [2.24, 2.45) is 11.8 Å². The molecule has 2 nitrogen and oxygen atoms in total. The van der Waals surface area contributed by atoms with Crippen LogP contribution >= 0.6 is 11.8 Å². The quantitative estimate of drug-likeness (QED) is 0.609. The lowest BCUT2D eigenvalue weighted by atomic mass is 9.88. The first-order valence-corrected chi connectivity index (χ1v) is 8.31. The Balaban J connectivity index is 2.20. The molecule has 0 heterocycles. The van der Waals surface area contributed by atoms with E-state index in [2.05, 4.69) is 24.0 Å². The van der Waals surface area contributed by atoms with E-state index >= 15 is 0 Å². The second-order valence-electron chi connectivity index (χ2n) is 4.99. The molecular formula is C14H29NOS. The molecule has 0 aromatic rings. The van der Waals surface area contributed by atoms with Crippen molar-refractivity contribution in [3.05, 3.63) is 0 Å². The molecule has 1 aliphatic carbocycles. The Hall–Kier alpha value is 0.270. The van der Waals surface area contributed by atoms with Gasteiger partial charge in [0.2, 0.25) is 0 Å². The SMILES string of the molecule is CCSCCC(CNCCOC)C1CCCC1. The highest BCUT2D eigenvalue weighted by molar-refractivity contribution is 7.99. The van der Waals surface area contributed by atoms with Gasteiger partial charge < -0.3 is 10.1 Å². The van der Waals surface area contributed by atoms with Crippen molar-refractivity contribution in [3.8, 4) is 0 Å². The highest BCUT2D eigenvalue weighted by Gasteiger charge is 2.24. The van der Waals surface area contributed by atoms with Crippen LogP contribution in [0, 0.1) is 11.8 Å². The molecule has 0 bridgehead atoms. The molecule has 3 heteroatoms. The summed E-state index contributed by atoms with van der Waals surface area (Å²) in [4.78, 5) is 0. The lowest BCUT2D eigenvalue weighted by molar-refractivity contribution is 0.194. The van der Waals surface area contributed by atoms with E-state index in [9.17, 15) is 0 Å². The summed E-state index contributed by atoms with van der Waals surface area (Å²) < 4.78 is 5.08. The summed E-state index contributed by atoms with van der Waals surface area (Å²) in [5.41, 5.74) is 0. The Morgan fingerprint density at radius 2 is 2.12 bits per heavy atom. The van der Waals surface area contributed by atoms with Crippen molar-refractivity contribution in [1.82, 2.24) is 5.32 Å². The minimum Gasteiger partial charge on any atom is -0.383 e. The second kappa shape index (κ2) is 10.2. The minimum atomic E-state index is 0.834. The maximum atomic E-state index is 5.08. The van der Waals surface area contributed by atoms with Crippen molar-refractivity contribution in [2.75, 3.05) is 38.3 Å². The standard InChI is InChI=1S/C14H29NOS/c1-3-17-11-8-14(12-15-9-10-16-2)13-6-4-5-7-13/h13-15H,3-12H2,1-2H3. The van der Waals surface area contributed by atoms with Crippen molar-refractivity contribution >= 4 is 11.8 Å². The van der Waals surface area contributed by atoms with Gasteiger partial charge in [-0.3, -0.25) is 0 Å². The summed E-state index contributed by atoms with van der Waals surface area (Å²) in [6.07, 6.45) is 7.24. The van der Waals surface area contributed by atoms with Crippen molar-refractivity contribution in [1.29, 1.82) is 0 Å². The number of nitrogens with one attached hydrogen (secondary N) is 1. The third kappa shape index (κ3) is 6.68. The molecule has 1 fully saturated rings. The fourth-order valence-corrected chi connectivity index (χ4v) is 3.53. The van der Waals surface area contributed by atoms with Crippen molar-refractivity contribution in [3.63, 3.8) is 0 Å². The topological polar surface area (TPSA) is 21.3 Å². The predicted molar refractivity (Wildman–Crippen MR) is 77.8 cm³/mol. The predicted octanol–water partition coefficient (Wildman–Crippen LogP) is 3.17. The van der Waals surface area contributed by atoms with Crippen LogP contribution in [0.5, 0.6) is 0 Å². The fraction of sp³-hybridized carbons (Fsp3) is 1.00. The normalized spacial score (nSPS) is 18.7. The van der Waals surface area contributed by atoms with Gasteiger partial charge in [-0.05, 0) is 36.3 Å².